The molecule has 0 radical (unpaired) electrons. The highest BCUT2D eigenvalue weighted by Gasteiger charge is 2.36. The minimum absolute atomic E-state index is 0.00316. The molecule has 2 N–H and O–H groups in total. The van der Waals surface area contributed by atoms with Crippen molar-refractivity contribution in [3.8, 4) is 17.0 Å². The van der Waals surface area contributed by atoms with Crippen molar-refractivity contribution in [3.63, 3.8) is 0 Å². The van der Waals surface area contributed by atoms with Gasteiger partial charge in [-0.05, 0) is 32.6 Å². The van der Waals surface area contributed by atoms with E-state index < -0.39 is 40.3 Å². The lowest BCUT2D eigenvalue weighted by molar-refractivity contribution is -0.138. The number of aromatic nitrogens is 3. The maximum atomic E-state index is 13.2. The summed E-state index contributed by atoms with van der Waals surface area (Å²) in [6, 6.07) is -1.14. The summed E-state index contributed by atoms with van der Waals surface area (Å²) in [5, 5.41) is 8.79. The van der Waals surface area contributed by atoms with Crippen LogP contribution in [0.25, 0.3) is 11.3 Å². The minimum atomic E-state index is -4.61. The zero-order valence-electron chi connectivity index (χ0n) is 21.8. The first kappa shape index (κ1) is 32.5. The van der Waals surface area contributed by atoms with Crippen LogP contribution in [0, 0.1) is 5.92 Å². The van der Waals surface area contributed by atoms with E-state index in [9.17, 15) is 35.2 Å². The number of ether oxygens (including phenoxy) is 1. The second kappa shape index (κ2) is 13.6. The Hall–Kier alpha value is -2.68. The van der Waals surface area contributed by atoms with Gasteiger partial charge in [0.05, 0.1) is 16.3 Å². The molecule has 2 atom stereocenters. The van der Waals surface area contributed by atoms with Gasteiger partial charge >= 0.3 is 12.8 Å². The number of rotatable bonds is 14. The maximum Gasteiger partial charge on any atom is 0.408 e. The number of carbonyl (C=O) groups is 1. The Labute approximate surface area is 228 Å². The fourth-order valence-electron chi connectivity index (χ4n) is 3.67. The molecule has 220 valence electrons. The van der Waals surface area contributed by atoms with Crippen LogP contribution in [0.3, 0.4) is 0 Å². The number of alkyl halides is 5. The summed E-state index contributed by atoms with van der Waals surface area (Å²) >= 11 is 6.47. The second-order valence-corrected chi connectivity index (χ2v) is 11.6. The third-order valence-electron chi connectivity index (χ3n) is 5.86. The predicted molar refractivity (Wildman–Crippen MR) is 137 cm³/mol. The van der Waals surface area contributed by atoms with Crippen molar-refractivity contribution in [2.45, 2.75) is 65.4 Å². The van der Waals surface area contributed by atoms with Crippen molar-refractivity contribution in [1.29, 1.82) is 0 Å². The van der Waals surface area contributed by atoms with Gasteiger partial charge in [0.25, 0.3) is 5.91 Å². The topological polar surface area (TPSA) is 115 Å². The summed E-state index contributed by atoms with van der Waals surface area (Å²) in [4.78, 5) is 16.8. The van der Waals surface area contributed by atoms with E-state index in [0.29, 0.717) is 19.3 Å². The summed E-state index contributed by atoms with van der Waals surface area (Å²) in [6.07, 6.45) is -0.760. The molecule has 1 amide bonds. The van der Waals surface area contributed by atoms with Crippen molar-refractivity contribution in [2.24, 2.45) is 5.92 Å². The number of sulfone groups is 1. The van der Waals surface area contributed by atoms with Crippen LogP contribution in [0.1, 0.15) is 50.5 Å². The first-order valence-corrected chi connectivity index (χ1v) is 14.5. The fourth-order valence-corrected chi connectivity index (χ4v) is 4.68. The Bertz CT molecular complexity index is 1240. The van der Waals surface area contributed by atoms with E-state index in [1.165, 1.54) is 4.68 Å². The highest BCUT2D eigenvalue weighted by molar-refractivity contribution is 7.90. The molecule has 0 aliphatic heterocycles. The van der Waals surface area contributed by atoms with E-state index in [2.05, 4.69) is 25.5 Å². The van der Waals surface area contributed by atoms with Gasteiger partial charge in [-0.25, -0.2) is 13.4 Å². The molecule has 0 aliphatic carbocycles. The van der Waals surface area contributed by atoms with Crippen molar-refractivity contribution in [3.05, 3.63) is 23.0 Å². The number of carbonyl (C=O) groups excluding carboxylic acids is 1. The minimum Gasteiger partial charge on any atom is -0.434 e. The summed E-state index contributed by atoms with van der Waals surface area (Å²) in [5.41, 5.74) is -0.287. The number of halogens is 6. The van der Waals surface area contributed by atoms with Crippen molar-refractivity contribution < 1.29 is 39.9 Å². The van der Waals surface area contributed by atoms with Crippen LogP contribution in [0.4, 0.5) is 27.8 Å². The van der Waals surface area contributed by atoms with Crippen molar-refractivity contribution in [2.75, 3.05) is 23.9 Å². The molecular weight excluding hydrogens is 573 g/mol. The SMILES string of the molecule is CC[C@H](CCCS(C)(=O)=O)CNC(=O)c1nn(CC)c(-c2cnc(N[C@H](C)C(F)(F)F)cc2OC(F)F)c1Cl. The van der Waals surface area contributed by atoms with E-state index in [1.54, 1.807) is 6.92 Å². The molecule has 0 saturated heterocycles. The zero-order valence-corrected chi connectivity index (χ0v) is 23.4. The molecule has 2 aromatic rings. The van der Waals surface area contributed by atoms with Crippen LogP contribution < -0.4 is 15.4 Å². The number of hydrogen-bond donors (Lipinski definition) is 2. The van der Waals surface area contributed by atoms with Crippen LogP contribution in [-0.2, 0) is 16.4 Å². The average Bonchev–Trinajstić information content (AvgIpc) is 3.15. The van der Waals surface area contributed by atoms with E-state index >= 15 is 0 Å². The van der Waals surface area contributed by atoms with Crippen LogP contribution in [0.5, 0.6) is 5.75 Å². The Morgan fingerprint density at radius 2 is 1.92 bits per heavy atom. The third-order valence-corrected chi connectivity index (χ3v) is 7.25. The Kier molecular flexibility index (Phi) is 11.3. The maximum absolute atomic E-state index is 13.2. The number of nitrogens with zero attached hydrogens (tertiary/aromatic N) is 3. The molecule has 2 heterocycles. The quantitative estimate of drug-likeness (QED) is 0.287. The van der Waals surface area contributed by atoms with Gasteiger partial charge < -0.3 is 15.4 Å². The number of hydrogen-bond acceptors (Lipinski definition) is 7. The lowest BCUT2D eigenvalue weighted by atomic mass is 10.0. The predicted octanol–water partition coefficient (Wildman–Crippen LogP) is 5.16. The Morgan fingerprint density at radius 3 is 2.46 bits per heavy atom. The van der Waals surface area contributed by atoms with Gasteiger partial charge in [-0.3, -0.25) is 9.48 Å². The van der Waals surface area contributed by atoms with Gasteiger partial charge in [0, 0.05) is 37.4 Å². The molecule has 2 rings (SSSR count). The number of pyridine rings is 1. The van der Waals surface area contributed by atoms with E-state index in [1.807, 2.05) is 6.92 Å². The van der Waals surface area contributed by atoms with Gasteiger partial charge in [-0.1, -0.05) is 24.9 Å². The highest BCUT2D eigenvalue weighted by Crippen LogP contribution is 2.38. The van der Waals surface area contributed by atoms with Gasteiger partial charge in [0.2, 0.25) is 0 Å². The van der Waals surface area contributed by atoms with E-state index in [4.69, 9.17) is 11.6 Å². The smallest absolute Gasteiger partial charge is 0.408 e. The zero-order chi connectivity index (χ0) is 29.5. The van der Waals surface area contributed by atoms with Crippen LogP contribution in [-0.4, -0.2) is 66.5 Å². The number of amides is 1. The van der Waals surface area contributed by atoms with Gasteiger partial charge in [0.15, 0.2) is 5.69 Å². The van der Waals surface area contributed by atoms with Crippen LogP contribution >= 0.6 is 11.6 Å². The normalized spacial score (nSPS) is 13.8. The molecular formula is C23H31ClF5N5O4S. The number of nitrogens with one attached hydrogen (secondary N) is 2. The molecule has 0 fully saturated rings. The molecule has 9 nitrogen and oxygen atoms in total. The summed E-state index contributed by atoms with van der Waals surface area (Å²) < 4.78 is 93.7. The lowest BCUT2D eigenvalue weighted by Crippen LogP contribution is -2.33. The summed E-state index contributed by atoms with van der Waals surface area (Å²) in [6.45, 7) is 1.47. The number of aryl methyl sites for hydroxylation is 1. The first-order valence-electron chi connectivity index (χ1n) is 12.1. The Morgan fingerprint density at radius 1 is 1.26 bits per heavy atom. The molecule has 0 aliphatic rings. The highest BCUT2D eigenvalue weighted by atomic mass is 35.5. The van der Waals surface area contributed by atoms with Crippen molar-refractivity contribution in [1.82, 2.24) is 20.1 Å². The van der Waals surface area contributed by atoms with Crippen LogP contribution in [0.2, 0.25) is 5.02 Å². The van der Waals surface area contributed by atoms with Crippen LogP contribution in [0.15, 0.2) is 12.3 Å². The molecule has 16 heteroatoms. The molecule has 0 spiro atoms. The van der Waals surface area contributed by atoms with E-state index in [0.717, 1.165) is 25.4 Å². The summed E-state index contributed by atoms with van der Waals surface area (Å²) in [7, 11) is -3.10. The van der Waals surface area contributed by atoms with E-state index in [-0.39, 0.29) is 52.6 Å². The lowest BCUT2D eigenvalue weighted by Gasteiger charge is -2.19. The van der Waals surface area contributed by atoms with Gasteiger partial charge in [-0.2, -0.15) is 27.1 Å². The molecule has 0 aromatic carbocycles. The van der Waals surface area contributed by atoms with Gasteiger partial charge in [0.1, 0.15) is 27.4 Å². The molecule has 0 bridgehead atoms. The number of anilines is 1. The third kappa shape index (κ3) is 9.48. The van der Waals surface area contributed by atoms with Gasteiger partial charge in [-0.15, -0.1) is 0 Å². The largest absolute Gasteiger partial charge is 0.434 e. The molecule has 0 saturated carbocycles. The average molecular weight is 604 g/mol. The molecule has 2 aromatic heterocycles. The molecule has 0 unspecified atom stereocenters. The van der Waals surface area contributed by atoms with Crippen molar-refractivity contribution >= 4 is 33.2 Å². The fraction of sp³-hybridized carbons (Fsp3) is 0.609. The first-order chi connectivity index (χ1) is 18.1. The monoisotopic (exact) mass is 603 g/mol. The molecule has 39 heavy (non-hydrogen) atoms. The Balaban J connectivity index is 2.33. The summed E-state index contributed by atoms with van der Waals surface area (Å²) in [5.74, 6) is -1.49. The second-order valence-electron chi connectivity index (χ2n) is 8.94. The standard InChI is InChI=1S/C23H31ClF5N5O4S/c1-5-14(8-7-9-39(4,36)37)11-31-21(35)19-18(24)20(34(6-2)33-19)15-12-30-17(10-16(15)38-22(25)26)32-13(3)23(27,28)29/h10,12-14,22H,5-9,11H2,1-4H3,(H,30,32)(H,31,35)/t13-,14-/m1/s1.